The molecule has 2 nitrogen and oxygen atoms in total. The van der Waals surface area contributed by atoms with E-state index in [4.69, 9.17) is 0 Å². The number of aryl methyl sites for hydroxylation is 2. The van der Waals surface area contributed by atoms with E-state index in [1.807, 2.05) is 11.3 Å². The number of para-hydroxylation sites is 2. The Kier molecular flexibility index (Phi) is 4.55. The normalized spacial score (nSPS) is 11.9. The molecule has 5 aromatic carbocycles. The lowest BCUT2D eigenvalue weighted by molar-refractivity contribution is -0.659. The van der Waals surface area contributed by atoms with Crippen LogP contribution in [-0.4, -0.2) is 4.57 Å². The number of hydrogen-bond donors (Lipinski definition) is 0. The second-order valence-corrected chi connectivity index (χ2v) is 11.2. The number of fused-ring (bicyclic) bond motifs is 7. The fourth-order valence-electron chi connectivity index (χ4n) is 6.27. The van der Waals surface area contributed by atoms with Crippen molar-refractivity contribution < 1.29 is 4.57 Å². The van der Waals surface area contributed by atoms with Gasteiger partial charge < -0.3 is 4.57 Å². The number of aromatic nitrogens is 2. The van der Waals surface area contributed by atoms with E-state index in [0.29, 0.717) is 0 Å². The SMILES string of the molecule is Cc1c(-c2c3sc4cccc(-n5c6ccccc6c6ccccc65)c4c3cc[n+]2C)ccc2ccccc12. The van der Waals surface area contributed by atoms with Crippen molar-refractivity contribution in [3.63, 3.8) is 0 Å². The second kappa shape index (κ2) is 8.01. The lowest BCUT2D eigenvalue weighted by Gasteiger charge is -2.11. The van der Waals surface area contributed by atoms with E-state index in [0.717, 1.165) is 0 Å². The summed E-state index contributed by atoms with van der Waals surface area (Å²) in [4.78, 5) is 0. The molecule has 3 aromatic heterocycles. The van der Waals surface area contributed by atoms with Gasteiger partial charge in [0.1, 0.15) is 11.7 Å². The molecule has 0 atom stereocenters. The first-order valence-electron chi connectivity index (χ1n) is 13.0. The van der Waals surface area contributed by atoms with Crippen molar-refractivity contribution in [3.05, 3.63) is 121 Å². The molecule has 0 aliphatic rings. The average Bonchev–Trinajstić information content (AvgIpc) is 3.50. The van der Waals surface area contributed by atoms with Gasteiger partial charge in [0.05, 0.1) is 22.3 Å². The van der Waals surface area contributed by atoms with Crippen LogP contribution in [0.5, 0.6) is 0 Å². The minimum absolute atomic E-state index is 1.24. The molecule has 3 heterocycles. The molecule has 0 bridgehead atoms. The van der Waals surface area contributed by atoms with Gasteiger partial charge in [-0.05, 0) is 53.6 Å². The van der Waals surface area contributed by atoms with E-state index < -0.39 is 0 Å². The second-order valence-electron chi connectivity index (χ2n) is 10.1. The van der Waals surface area contributed by atoms with E-state index in [9.17, 15) is 0 Å². The van der Waals surface area contributed by atoms with Gasteiger partial charge in [0.2, 0.25) is 5.69 Å². The quantitative estimate of drug-likeness (QED) is 0.207. The van der Waals surface area contributed by atoms with Gasteiger partial charge in [-0.2, -0.15) is 4.57 Å². The summed E-state index contributed by atoms with van der Waals surface area (Å²) in [7, 11) is 2.17. The summed E-state index contributed by atoms with van der Waals surface area (Å²) >= 11 is 1.90. The largest absolute Gasteiger partial charge is 0.309 e. The molecule has 0 aliphatic heterocycles. The summed E-state index contributed by atoms with van der Waals surface area (Å²) in [5.74, 6) is 0. The van der Waals surface area contributed by atoms with Gasteiger partial charge in [-0.1, -0.05) is 72.8 Å². The van der Waals surface area contributed by atoms with Crippen molar-refractivity contribution in [3.8, 4) is 16.9 Å². The van der Waals surface area contributed by atoms with Gasteiger partial charge in [-0.25, -0.2) is 0 Å². The third-order valence-electron chi connectivity index (χ3n) is 8.04. The smallest absolute Gasteiger partial charge is 0.230 e. The van der Waals surface area contributed by atoms with Crippen molar-refractivity contribution in [1.29, 1.82) is 0 Å². The first-order valence-corrected chi connectivity index (χ1v) is 13.8. The summed E-state index contributed by atoms with van der Waals surface area (Å²) in [5, 5.41) is 7.81. The van der Waals surface area contributed by atoms with E-state index in [2.05, 4.69) is 138 Å². The fraction of sp³-hybridized carbons (Fsp3) is 0.0571. The van der Waals surface area contributed by atoms with Gasteiger partial charge in [0.15, 0.2) is 6.20 Å². The number of hydrogen-bond acceptors (Lipinski definition) is 1. The van der Waals surface area contributed by atoms with Crippen LogP contribution in [0.2, 0.25) is 0 Å². The highest BCUT2D eigenvalue weighted by molar-refractivity contribution is 7.26. The van der Waals surface area contributed by atoms with E-state index in [-0.39, 0.29) is 0 Å². The Bertz CT molecular complexity index is 2160. The van der Waals surface area contributed by atoms with Crippen molar-refractivity contribution in [2.45, 2.75) is 6.92 Å². The maximum atomic E-state index is 2.45. The molecule has 38 heavy (non-hydrogen) atoms. The Morgan fingerprint density at radius 3 is 2.08 bits per heavy atom. The number of nitrogens with zero attached hydrogens (tertiary/aromatic N) is 2. The molecule has 0 unspecified atom stereocenters. The lowest BCUT2D eigenvalue weighted by Crippen LogP contribution is -2.30. The van der Waals surface area contributed by atoms with Gasteiger partial charge in [0, 0.05) is 32.3 Å². The van der Waals surface area contributed by atoms with Crippen LogP contribution in [0.3, 0.4) is 0 Å². The zero-order valence-electron chi connectivity index (χ0n) is 21.3. The molecule has 180 valence electrons. The van der Waals surface area contributed by atoms with E-state index in [1.54, 1.807) is 0 Å². The van der Waals surface area contributed by atoms with Gasteiger partial charge in [-0.3, -0.25) is 0 Å². The standard InChI is InChI=1S/C35H25N2S/c1-22-24-11-4-3-10-23(24)18-19-25(22)34-35-28(20-21-36(34)2)33-31(16-9-17-32(33)38-35)37-29-14-7-5-12-26(29)27-13-6-8-15-30(27)37/h3-21H,1-2H3/q+1. The van der Waals surface area contributed by atoms with Crippen molar-refractivity contribution >= 4 is 64.1 Å². The summed E-state index contributed by atoms with van der Waals surface area (Å²) in [6.45, 7) is 2.26. The predicted octanol–water partition coefficient (Wildman–Crippen LogP) is 9.10. The highest BCUT2D eigenvalue weighted by Gasteiger charge is 2.23. The molecule has 0 fully saturated rings. The fourth-order valence-corrected chi connectivity index (χ4v) is 7.59. The van der Waals surface area contributed by atoms with Crippen LogP contribution < -0.4 is 4.57 Å². The maximum Gasteiger partial charge on any atom is 0.230 e. The lowest BCUT2D eigenvalue weighted by atomic mass is 9.97. The van der Waals surface area contributed by atoms with Crippen LogP contribution in [0.1, 0.15) is 5.56 Å². The molecule has 8 aromatic rings. The van der Waals surface area contributed by atoms with Crippen LogP contribution in [0.4, 0.5) is 0 Å². The summed E-state index contributed by atoms with van der Waals surface area (Å²) < 4.78 is 7.38. The highest BCUT2D eigenvalue weighted by atomic mass is 32.1. The molecule has 0 amide bonds. The summed E-state index contributed by atoms with van der Waals surface area (Å²) in [6, 6.07) is 39.8. The molecule has 0 radical (unpaired) electrons. The van der Waals surface area contributed by atoms with Gasteiger partial charge in [0.25, 0.3) is 0 Å². The zero-order chi connectivity index (χ0) is 25.4. The molecule has 3 heteroatoms. The molecule has 0 saturated carbocycles. The molecular weight excluding hydrogens is 480 g/mol. The topological polar surface area (TPSA) is 8.81 Å². The van der Waals surface area contributed by atoms with Crippen LogP contribution in [0, 0.1) is 6.92 Å². The monoisotopic (exact) mass is 505 g/mol. The maximum absolute atomic E-state index is 2.45. The number of thiophene rings is 1. The van der Waals surface area contributed by atoms with Gasteiger partial charge >= 0.3 is 0 Å². The Morgan fingerprint density at radius 2 is 1.32 bits per heavy atom. The van der Waals surface area contributed by atoms with E-state index >= 15 is 0 Å². The molecule has 0 aliphatic carbocycles. The average molecular weight is 506 g/mol. The molecule has 8 rings (SSSR count). The van der Waals surface area contributed by atoms with Crippen LogP contribution in [0.25, 0.3) is 69.7 Å². The first kappa shape index (κ1) is 21.6. The van der Waals surface area contributed by atoms with Crippen molar-refractivity contribution in [1.82, 2.24) is 4.57 Å². The zero-order valence-corrected chi connectivity index (χ0v) is 22.1. The molecule has 0 spiro atoms. The van der Waals surface area contributed by atoms with Crippen LogP contribution in [-0.2, 0) is 7.05 Å². The highest BCUT2D eigenvalue weighted by Crippen LogP contribution is 2.43. The molecular formula is C35H25N2S+. The van der Waals surface area contributed by atoms with Crippen LogP contribution in [0.15, 0.2) is 115 Å². The van der Waals surface area contributed by atoms with Crippen molar-refractivity contribution in [2.75, 3.05) is 0 Å². The number of pyridine rings is 1. The van der Waals surface area contributed by atoms with Crippen LogP contribution >= 0.6 is 11.3 Å². The Labute approximate surface area is 224 Å². The number of rotatable bonds is 2. The summed E-state index contributed by atoms with van der Waals surface area (Å²) in [6.07, 6.45) is 2.22. The minimum Gasteiger partial charge on any atom is -0.309 e. The third-order valence-corrected chi connectivity index (χ3v) is 9.21. The summed E-state index contributed by atoms with van der Waals surface area (Å²) in [5.41, 5.74) is 7.62. The Hall–Kier alpha value is -4.47. The van der Waals surface area contributed by atoms with E-state index in [1.165, 1.54) is 75.3 Å². The Morgan fingerprint density at radius 1 is 0.632 bits per heavy atom. The molecule has 0 saturated heterocycles. The predicted molar refractivity (Wildman–Crippen MR) is 163 cm³/mol. The molecule has 0 N–H and O–H groups in total. The third kappa shape index (κ3) is 2.91. The van der Waals surface area contributed by atoms with Gasteiger partial charge in [-0.15, -0.1) is 11.3 Å². The Balaban J connectivity index is 1.49. The first-order chi connectivity index (χ1) is 18.7. The van der Waals surface area contributed by atoms with Crippen molar-refractivity contribution in [2.24, 2.45) is 7.05 Å². The minimum atomic E-state index is 1.24. The number of benzene rings is 5.